The molecular formula is C20H30N4O3. The van der Waals surface area contributed by atoms with Crippen LogP contribution in [0.5, 0.6) is 0 Å². The average molecular weight is 374 g/mol. The van der Waals surface area contributed by atoms with E-state index in [9.17, 15) is 9.59 Å². The molecule has 148 valence electrons. The number of nitrogens with zero attached hydrogens (tertiary/aromatic N) is 3. The van der Waals surface area contributed by atoms with Crippen LogP contribution in [-0.2, 0) is 16.1 Å². The zero-order valence-corrected chi connectivity index (χ0v) is 16.1. The summed E-state index contributed by atoms with van der Waals surface area (Å²) in [5.41, 5.74) is 1.26. The van der Waals surface area contributed by atoms with Gasteiger partial charge in [-0.05, 0) is 25.5 Å². The lowest BCUT2D eigenvalue weighted by Crippen LogP contribution is -2.55. The van der Waals surface area contributed by atoms with E-state index in [4.69, 9.17) is 4.74 Å². The van der Waals surface area contributed by atoms with Crippen molar-refractivity contribution in [2.75, 3.05) is 52.9 Å². The zero-order valence-electron chi connectivity index (χ0n) is 16.1. The molecular weight excluding hydrogens is 344 g/mol. The van der Waals surface area contributed by atoms with E-state index >= 15 is 0 Å². The number of rotatable bonds is 6. The molecule has 2 fully saturated rings. The molecule has 0 aromatic heterocycles. The van der Waals surface area contributed by atoms with Gasteiger partial charge in [0, 0.05) is 52.4 Å². The van der Waals surface area contributed by atoms with Gasteiger partial charge >= 0.3 is 6.03 Å². The average Bonchev–Trinajstić information content (AvgIpc) is 3.23. The molecule has 2 aliphatic rings. The maximum Gasteiger partial charge on any atom is 0.317 e. The van der Waals surface area contributed by atoms with Gasteiger partial charge in [-0.25, -0.2) is 4.79 Å². The van der Waals surface area contributed by atoms with Crippen LogP contribution in [0.15, 0.2) is 30.3 Å². The van der Waals surface area contributed by atoms with E-state index < -0.39 is 0 Å². The lowest BCUT2D eigenvalue weighted by molar-refractivity contribution is -0.142. The van der Waals surface area contributed by atoms with Crippen molar-refractivity contribution in [1.29, 1.82) is 0 Å². The van der Waals surface area contributed by atoms with Crippen molar-refractivity contribution in [3.8, 4) is 0 Å². The highest BCUT2D eigenvalue weighted by molar-refractivity contribution is 5.81. The number of nitrogens with one attached hydrogen (secondary N) is 1. The maximum absolute atomic E-state index is 12.4. The second kappa shape index (κ2) is 9.71. The Balaban J connectivity index is 1.33. The van der Waals surface area contributed by atoms with Gasteiger partial charge in [0.15, 0.2) is 0 Å². The number of ether oxygens (including phenoxy) is 1. The molecule has 0 radical (unpaired) electrons. The minimum Gasteiger partial charge on any atom is -0.368 e. The second-order valence-electron chi connectivity index (χ2n) is 7.27. The van der Waals surface area contributed by atoms with Gasteiger partial charge in [-0.1, -0.05) is 30.3 Å². The molecule has 0 aliphatic carbocycles. The van der Waals surface area contributed by atoms with Crippen molar-refractivity contribution in [3.05, 3.63) is 35.9 Å². The largest absolute Gasteiger partial charge is 0.368 e. The molecule has 1 unspecified atom stereocenters. The third kappa shape index (κ3) is 5.68. The van der Waals surface area contributed by atoms with Crippen molar-refractivity contribution >= 4 is 11.9 Å². The van der Waals surface area contributed by atoms with Gasteiger partial charge in [0.05, 0.1) is 0 Å². The van der Waals surface area contributed by atoms with Crippen LogP contribution in [-0.4, -0.2) is 85.7 Å². The quantitative estimate of drug-likeness (QED) is 0.811. The fraction of sp³-hybridized carbons (Fsp3) is 0.600. The molecule has 1 aromatic rings. The Morgan fingerprint density at radius 1 is 1.15 bits per heavy atom. The van der Waals surface area contributed by atoms with E-state index in [2.05, 4.69) is 29.4 Å². The first-order chi connectivity index (χ1) is 13.1. The Kier molecular flexibility index (Phi) is 7.06. The Morgan fingerprint density at radius 3 is 2.52 bits per heavy atom. The third-order valence-corrected chi connectivity index (χ3v) is 5.15. The highest BCUT2D eigenvalue weighted by atomic mass is 16.5. The van der Waals surface area contributed by atoms with Crippen molar-refractivity contribution in [2.24, 2.45) is 0 Å². The van der Waals surface area contributed by atoms with E-state index in [0.717, 1.165) is 25.9 Å². The van der Waals surface area contributed by atoms with Crippen molar-refractivity contribution in [2.45, 2.75) is 25.5 Å². The highest BCUT2D eigenvalue weighted by Gasteiger charge is 2.31. The van der Waals surface area contributed by atoms with Crippen LogP contribution in [0.1, 0.15) is 18.4 Å². The number of benzene rings is 1. The molecule has 2 heterocycles. The van der Waals surface area contributed by atoms with Crippen molar-refractivity contribution in [1.82, 2.24) is 20.0 Å². The smallest absolute Gasteiger partial charge is 0.317 e. The molecule has 3 amide bonds. The van der Waals surface area contributed by atoms with Crippen LogP contribution in [0, 0.1) is 0 Å². The Bertz CT molecular complexity index is 611. The highest BCUT2D eigenvalue weighted by Crippen LogP contribution is 2.16. The summed E-state index contributed by atoms with van der Waals surface area (Å²) in [4.78, 5) is 30.5. The Labute approximate surface area is 161 Å². The number of piperazine rings is 1. The number of carbonyl (C=O) groups is 2. The predicted molar refractivity (Wildman–Crippen MR) is 103 cm³/mol. The summed E-state index contributed by atoms with van der Waals surface area (Å²) in [7, 11) is 2.05. The first kappa shape index (κ1) is 19.6. The molecule has 1 aromatic carbocycles. The number of amides is 3. The fourth-order valence-corrected chi connectivity index (χ4v) is 3.55. The third-order valence-electron chi connectivity index (χ3n) is 5.15. The van der Waals surface area contributed by atoms with Gasteiger partial charge in [-0.3, -0.25) is 4.79 Å². The molecule has 2 aliphatic heterocycles. The van der Waals surface area contributed by atoms with Crippen molar-refractivity contribution in [3.63, 3.8) is 0 Å². The summed E-state index contributed by atoms with van der Waals surface area (Å²) in [6.45, 7) is 5.25. The van der Waals surface area contributed by atoms with Crippen LogP contribution in [0.2, 0.25) is 0 Å². The van der Waals surface area contributed by atoms with Gasteiger partial charge < -0.3 is 24.8 Å². The van der Waals surface area contributed by atoms with E-state index in [-0.39, 0.29) is 18.0 Å². The summed E-state index contributed by atoms with van der Waals surface area (Å²) >= 11 is 0. The lowest BCUT2D eigenvalue weighted by atomic mass is 10.2. The van der Waals surface area contributed by atoms with Gasteiger partial charge in [-0.2, -0.15) is 0 Å². The molecule has 3 rings (SSSR count). The molecule has 27 heavy (non-hydrogen) atoms. The topological polar surface area (TPSA) is 65.1 Å². The Hall–Kier alpha value is -2.12. The maximum atomic E-state index is 12.4. The molecule has 0 saturated carbocycles. The summed E-state index contributed by atoms with van der Waals surface area (Å²) in [6.07, 6.45) is 1.50. The zero-order chi connectivity index (χ0) is 19.1. The predicted octanol–water partition coefficient (Wildman–Crippen LogP) is 1.15. The fourth-order valence-electron chi connectivity index (χ4n) is 3.55. The molecule has 0 spiro atoms. The van der Waals surface area contributed by atoms with Gasteiger partial charge in [-0.15, -0.1) is 0 Å². The van der Waals surface area contributed by atoms with Crippen molar-refractivity contribution < 1.29 is 14.3 Å². The molecule has 1 N–H and O–H groups in total. The second-order valence-corrected chi connectivity index (χ2v) is 7.27. The standard InChI is InChI=1S/C20H30N4O3/c1-22(16-17-6-3-2-4-7-17)10-9-21-20(26)24-13-11-23(12-14-24)19(25)18-8-5-15-27-18/h2-4,6-7,18H,5,8-16H2,1H3,(H,21,26). The minimum absolute atomic E-state index is 0.0488. The summed E-state index contributed by atoms with van der Waals surface area (Å²) in [5.74, 6) is 0.0788. The molecule has 1 atom stereocenters. The van der Waals surface area contributed by atoms with Crippen LogP contribution >= 0.6 is 0 Å². The van der Waals surface area contributed by atoms with Crippen LogP contribution in [0.3, 0.4) is 0 Å². The summed E-state index contributed by atoms with van der Waals surface area (Å²) < 4.78 is 5.47. The van der Waals surface area contributed by atoms with Crippen LogP contribution < -0.4 is 5.32 Å². The number of carbonyl (C=O) groups excluding carboxylic acids is 2. The SMILES string of the molecule is CN(CCNC(=O)N1CCN(C(=O)C2CCCO2)CC1)Cc1ccccc1. The van der Waals surface area contributed by atoms with Crippen LogP contribution in [0.25, 0.3) is 0 Å². The van der Waals surface area contributed by atoms with E-state index in [1.54, 1.807) is 4.90 Å². The molecule has 7 nitrogen and oxygen atoms in total. The van der Waals surface area contributed by atoms with Gasteiger partial charge in [0.2, 0.25) is 0 Å². The summed E-state index contributed by atoms with van der Waals surface area (Å²) in [6, 6.07) is 10.2. The summed E-state index contributed by atoms with van der Waals surface area (Å²) in [5, 5.41) is 2.99. The number of hydrogen-bond acceptors (Lipinski definition) is 4. The van der Waals surface area contributed by atoms with E-state index in [1.165, 1.54) is 5.56 Å². The minimum atomic E-state index is -0.273. The number of likely N-dealkylation sites (N-methyl/N-ethyl adjacent to an activating group) is 1. The van der Waals surface area contributed by atoms with E-state index in [1.807, 2.05) is 23.1 Å². The van der Waals surface area contributed by atoms with Crippen LogP contribution in [0.4, 0.5) is 4.79 Å². The molecule has 0 bridgehead atoms. The lowest BCUT2D eigenvalue weighted by Gasteiger charge is -2.35. The molecule has 7 heteroatoms. The number of urea groups is 1. The van der Waals surface area contributed by atoms with Gasteiger partial charge in [0.1, 0.15) is 6.10 Å². The van der Waals surface area contributed by atoms with Gasteiger partial charge in [0.25, 0.3) is 5.91 Å². The Morgan fingerprint density at radius 2 is 1.85 bits per heavy atom. The first-order valence-electron chi connectivity index (χ1n) is 9.79. The number of hydrogen-bond donors (Lipinski definition) is 1. The van der Waals surface area contributed by atoms with E-state index in [0.29, 0.717) is 39.3 Å². The monoisotopic (exact) mass is 374 g/mol. The first-order valence-corrected chi connectivity index (χ1v) is 9.79. The molecule has 2 saturated heterocycles. The normalized spacial score (nSPS) is 20.1.